The predicted molar refractivity (Wildman–Crippen MR) is 101 cm³/mol. The van der Waals surface area contributed by atoms with Gasteiger partial charge in [0.15, 0.2) is 11.6 Å². The highest BCUT2D eigenvalue weighted by atomic mass is 19.1. The number of hydrogen-bond acceptors (Lipinski definition) is 4. The van der Waals surface area contributed by atoms with Crippen molar-refractivity contribution in [2.24, 2.45) is 5.92 Å². The van der Waals surface area contributed by atoms with E-state index in [0.717, 1.165) is 19.4 Å². The Balaban J connectivity index is 1.34. The van der Waals surface area contributed by atoms with Crippen LogP contribution in [0.25, 0.3) is 0 Å². The highest BCUT2D eigenvalue weighted by Gasteiger charge is 2.26. The normalized spacial score (nSPS) is 21.8. The van der Waals surface area contributed by atoms with Gasteiger partial charge in [0.05, 0.1) is 0 Å². The number of carbonyl (C=O) groups excluding carboxylic acids is 1. The molecule has 0 spiro atoms. The summed E-state index contributed by atoms with van der Waals surface area (Å²) in [6.07, 6.45) is 5.89. The molecule has 2 aliphatic heterocycles. The minimum Gasteiger partial charge on any atom is -0.352 e. The molecule has 6 nitrogen and oxygen atoms in total. The van der Waals surface area contributed by atoms with E-state index in [-0.39, 0.29) is 17.9 Å². The number of halogens is 1. The number of rotatable bonds is 6. The monoisotopic (exact) mass is 363 g/mol. The van der Waals surface area contributed by atoms with Gasteiger partial charge in [-0.15, -0.1) is 0 Å². The van der Waals surface area contributed by atoms with Gasteiger partial charge in [0, 0.05) is 31.9 Å². The molecule has 2 amide bonds. The Hall–Kier alpha value is -1.89. The van der Waals surface area contributed by atoms with E-state index in [1.54, 1.807) is 12.3 Å². The quantitative estimate of drug-likeness (QED) is 0.814. The number of nitrogens with zero attached hydrogens (tertiary/aromatic N) is 3. The molecule has 144 valence electrons. The Labute approximate surface area is 155 Å². The van der Waals surface area contributed by atoms with Gasteiger partial charge in [-0.25, -0.2) is 14.2 Å². The van der Waals surface area contributed by atoms with Crippen LogP contribution < -0.4 is 15.5 Å². The number of carbonyl (C=O) groups is 1. The van der Waals surface area contributed by atoms with Crippen LogP contribution in [0.2, 0.25) is 0 Å². The van der Waals surface area contributed by atoms with E-state index in [0.29, 0.717) is 31.4 Å². The van der Waals surface area contributed by atoms with Crippen LogP contribution in [0.1, 0.15) is 32.6 Å². The summed E-state index contributed by atoms with van der Waals surface area (Å²) in [5, 5.41) is 5.98. The number of nitrogens with one attached hydrogen (secondary N) is 2. The standard InChI is InChI=1S/C19H30FN5O/c1-2-24-11-6-15(7-12-24)5-10-22-19(26)23-16-8-13-25(14-16)18-17(20)4-3-9-21-18/h3-4,9,15-16H,2,5-8,10-14H2,1H3,(H2,22,23,26). The van der Waals surface area contributed by atoms with Gasteiger partial charge >= 0.3 is 6.03 Å². The fourth-order valence-corrected chi connectivity index (χ4v) is 3.90. The fraction of sp³-hybridized carbons (Fsp3) is 0.684. The van der Waals surface area contributed by atoms with Crippen molar-refractivity contribution < 1.29 is 9.18 Å². The van der Waals surface area contributed by atoms with Crippen LogP contribution in [0.4, 0.5) is 15.0 Å². The summed E-state index contributed by atoms with van der Waals surface area (Å²) in [5.41, 5.74) is 0. The molecule has 1 aromatic heterocycles. The van der Waals surface area contributed by atoms with Gasteiger partial charge in [0.1, 0.15) is 0 Å². The lowest BCUT2D eigenvalue weighted by Gasteiger charge is -2.31. The molecular formula is C19H30FN5O. The highest BCUT2D eigenvalue weighted by Crippen LogP contribution is 2.21. The van der Waals surface area contributed by atoms with E-state index in [4.69, 9.17) is 0 Å². The lowest BCUT2D eigenvalue weighted by Crippen LogP contribution is -2.44. The second-order valence-electron chi connectivity index (χ2n) is 7.31. The molecule has 3 heterocycles. The Morgan fingerprint density at radius 1 is 1.31 bits per heavy atom. The van der Waals surface area contributed by atoms with Crippen LogP contribution in [-0.4, -0.2) is 61.2 Å². The first-order valence-electron chi connectivity index (χ1n) is 9.78. The first-order chi connectivity index (χ1) is 12.7. The van der Waals surface area contributed by atoms with Crippen LogP contribution in [0.3, 0.4) is 0 Å². The van der Waals surface area contributed by atoms with Crippen molar-refractivity contribution in [3.63, 3.8) is 0 Å². The molecule has 1 atom stereocenters. The predicted octanol–water partition coefficient (Wildman–Crippen LogP) is 2.22. The third kappa shape index (κ3) is 5.06. The molecule has 0 saturated carbocycles. The second kappa shape index (κ2) is 9.16. The molecule has 3 rings (SSSR count). The number of urea groups is 1. The maximum atomic E-state index is 13.8. The summed E-state index contributed by atoms with van der Waals surface area (Å²) in [6, 6.07) is 2.92. The summed E-state index contributed by atoms with van der Waals surface area (Å²) in [7, 11) is 0. The van der Waals surface area contributed by atoms with Crippen molar-refractivity contribution in [1.82, 2.24) is 20.5 Å². The number of pyridine rings is 1. The van der Waals surface area contributed by atoms with Crippen LogP contribution in [0.5, 0.6) is 0 Å². The van der Waals surface area contributed by atoms with Gasteiger partial charge in [-0.05, 0) is 63.4 Å². The third-order valence-electron chi connectivity index (χ3n) is 5.55. The van der Waals surface area contributed by atoms with Gasteiger partial charge < -0.3 is 20.4 Å². The van der Waals surface area contributed by atoms with Crippen LogP contribution in [-0.2, 0) is 0 Å². The number of likely N-dealkylation sites (tertiary alicyclic amines) is 1. The van der Waals surface area contributed by atoms with Crippen molar-refractivity contribution in [3.05, 3.63) is 24.1 Å². The zero-order valence-corrected chi connectivity index (χ0v) is 15.6. The molecule has 0 bridgehead atoms. The summed E-state index contributed by atoms with van der Waals surface area (Å²) < 4.78 is 13.8. The van der Waals surface area contributed by atoms with E-state index in [1.807, 2.05) is 4.90 Å². The smallest absolute Gasteiger partial charge is 0.315 e. The average molecular weight is 363 g/mol. The Bertz CT molecular complexity index is 591. The molecule has 2 fully saturated rings. The molecule has 2 saturated heterocycles. The largest absolute Gasteiger partial charge is 0.352 e. The Kier molecular flexibility index (Phi) is 6.66. The zero-order chi connectivity index (χ0) is 18.4. The zero-order valence-electron chi connectivity index (χ0n) is 15.6. The fourth-order valence-electron chi connectivity index (χ4n) is 3.90. The summed E-state index contributed by atoms with van der Waals surface area (Å²) in [5.74, 6) is 0.773. The van der Waals surface area contributed by atoms with Gasteiger partial charge in [-0.1, -0.05) is 6.92 Å². The molecular weight excluding hydrogens is 333 g/mol. The first-order valence-corrected chi connectivity index (χ1v) is 9.78. The van der Waals surface area contributed by atoms with E-state index in [9.17, 15) is 9.18 Å². The lowest BCUT2D eigenvalue weighted by atomic mass is 9.93. The maximum Gasteiger partial charge on any atom is 0.315 e. The number of hydrogen-bond donors (Lipinski definition) is 2. The second-order valence-corrected chi connectivity index (χ2v) is 7.31. The van der Waals surface area contributed by atoms with E-state index in [2.05, 4.69) is 27.4 Å². The lowest BCUT2D eigenvalue weighted by molar-refractivity contribution is 0.186. The first kappa shape index (κ1) is 18.9. The van der Waals surface area contributed by atoms with E-state index in [1.165, 1.54) is 32.0 Å². The number of piperidine rings is 1. The van der Waals surface area contributed by atoms with Crippen LogP contribution in [0.15, 0.2) is 18.3 Å². The van der Waals surface area contributed by atoms with Crippen molar-refractivity contribution in [2.45, 2.75) is 38.6 Å². The average Bonchev–Trinajstić information content (AvgIpc) is 3.11. The molecule has 1 unspecified atom stereocenters. The van der Waals surface area contributed by atoms with Crippen LogP contribution >= 0.6 is 0 Å². The van der Waals surface area contributed by atoms with Crippen molar-refractivity contribution in [2.75, 3.05) is 44.2 Å². The summed E-state index contributed by atoms with van der Waals surface area (Å²) in [4.78, 5) is 20.6. The Morgan fingerprint density at radius 3 is 2.85 bits per heavy atom. The maximum absolute atomic E-state index is 13.8. The minimum atomic E-state index is -0.313. The molecule has 2 N–H and O–H groups in total. The number of aromatic nitrogens is 1. The number of amides is 2. The van der Waals surface area contributed by atoms with Gasteiger partial charge in [0.25, 0.3) is 0 Å². The highest BCUT2D eigenvalue weighted by molar-refractivity contribution is 5.74. The molecule has 7 heteroatoms. The third-order valence-corrected chi connectivity index (χ3v) is 5.55. The molecule has 0 aliphatic carbocycles. The Morgan fingerprint density at radius 2 is 2.12 bits per heavy atom. The minimum absolute atomic E-state index is 0.0317. The van der Waals surface area contributed by atoms with E-state index >= 15 is 0 Å². The SMILES string of the molecule is CCN1CCC(CCNC(=O)NC2CCN(c3ncccc3F)C2)CC1. The van der Waals surface area contributed by atoms with Crippen molar-refractivity contribution in [1.29, 1.82) is 0 Å². The van der Waals surface area contributed by atoms with Gasteiger partial charge in [0.2, 0.25) is 0 Å². The van der Waals surface area contributed by atoms with Gasteiger partial charge in [-0.3, -0.25) is 0 Å². The van der Waals surface area contributed by atoms with Gasteiger partial charge in [-0.2, -0.15) is 0 Å². The molecule has 2 aliphatic rings. The summed E-state index contributed by atoms with van der Waals surface area (Å²) >= 11 is 0. The van der Waals surface area contributed by atoms with Crippen LogP contribution in [0, 0.1) is 11.7 Å². The van der Waals surface area contributed by atoms with Crippen molar-refractivity contribution >= 4 is 11.8 Å². The van der Waals surface area contributed by atoms with Crippen molar-refractivity contribution in [3.8, 4) is 0 Å². The molecule has 1 aromatic rings. The summed E-state index contributed by atoms with van der Waals surface area (Å²) in [6.45, 7) is 7.71. The molecule has 0 aromatic carbocycles. The topological polar surface area (TPSA) is 60.5 Å². The molecule has 26 heavy (non-hydrogen) atoms. The number of anilines is 1. The molecule has 0 radical (unpaired) electrons. The van der Waals surface area contributed by atoms with E-state index < -0.39 is 0 Å².